The minimum Gasteiger partial charge on any atom is -0.457 e. The van der Waals surface area contributed by atoms with E-state index in [1.807, 2.05) is 109 Å². The average molecular weight is 1530 g/mol. The molecule has 0 aliphatic carbocycles. The van der Waals surface area contributed by atoms with Crippen molar-refractivity contribution in [2.24, 2.45) is 0 Å². The van der Waals surface area contributed by atoms with Crippen LogP contribution in [0, 0.1) is 0 Å². The molecule has 596 valence electrons. The third-order valence-electron chi connectivity index (χ3n) is 23.9. The Kier molecular flexibility index (Phi) is 27.5. The van der Waals surface area contributed by atoms with Gasteiger partial charge in [-0.15, -0.1) is 0 Å². The molecular formula is C104H122N2O8. The number of carbonyl (C=O) groups is 4. The van der Waals surface area contributed by atoms with Gasteiger partial charge in [0, 0.05) is 43.1 Å². The zero-order valence-electron chi connectivity index (χ0n) is 70.3. The van der Waals surface area contributed by atoms with E-state index in [9.17, 15) is 0 Å². The van der Waals surface area contributed by atoms with E-state index in [0.29, 0.717) is 100 Å². The maximum Gasteiger partial charge on any atom is 0.266 e. The highest BCUT2D eigenvalue weighted by Crippen LogP contribution is 2.59. The molecule has 0 unspecified atom stereocenters. The Morgan fingerprint density at radius 3 is 0.649 bits per heavy atom. The summed E-state index contributed by atoms with van der Waals surface area (Å²) in [6, 6.07) is 52.6. The van der Waals surface area contributed by atoms with Crippen LogP contribution in [0.1, 0.15) is 347 Å². The lowest BCUT2D eigenvalue weighted by molar-refractivity contribution is 0.0877. The molecule has 2 aliphatic rings. The molecule has 0 spiro atoms. The number of aryl methyl sites for hydroxylation is 4. The lowest BCUT2D eigenvalue weighted by Crippen LogP contribution is -2.42. The van der Waals surface area contributed by atoms with E-state index in [1.54, 1.807) is 0 Å². The van der Waals surface area contributed by atoms with Crippen LogP contribution in [-0.4, -0.2) is 23.6 Å². The van der Waals surface area contributed by atoms with E-state index >= 15 is 19.2 Å². The molecule has 2 aliphatic heterocycles. The number of benzene rings is 11. The summed E-state index contributed by atoms with van der Waals surface area (Å²) < 4.78 is 30.4. The predicted molar refractivity (Wildman–Crippen MR) is 474 cm³/mol. The molecule has 0 bridgehead atoms. The Hall–Kier alpha value is -9.80. The summed E-state index contributed by atoms with van der Waals surface area (Å²) in [5.41, 5.74) is 10.4. The van der Waals surface area contributed by atoms with Crippen LogP contribution in [0.5, 0.6) is 46.0 Å². The third kappa shape index (κ3) is 17.8. The molecule has 0 N–H and O–H groups in total. The molecule has 2 heterocycles. The second kappa shape index (κ2) is 38.1. The fourth-order valence-corrected chi connectivity index (χ4v) is 17.6. The van der Waals surface area contributed by atoms with Crippen LogP contribution in [0.3, 0.4) is 0 Å². The number of ether oxygens (including phenoxy) is 4. The molecule has 10 nitrogen and oxygen atoms in total. The van der Waals surface area contributed by atoms with Crippen LogP contribution in [0.25, 0.3) is 43.1 Å². The highest BCUT2D eigenvalue weighted by molar-refractivity contribution is 6.48. The van der Waals surface area contributed by atoms with Crippen molar-refractivity contribution in [2.75, 3.05) is 9.80 Å². The average Bonchev–Trinajstić information content (AvgIpc) is 0.669. The lowest BCUT2D eigenvalue weighted by Gasteiger charge is -2.35. The van der Waals surface area contributed by atoms with Gasteiger partial charge in [0.1, 0.15) is 46.0 Å². The molecule has 0 radical (unpaired) electrons. The van der Waals surface area contributed by atoms with Crippen LogP contribution >= 0.6 is 0 Å². The molecule has 0 saturated heterocycles. The number of carbonyl (C=O) groups excluding carboxylic acids is 4. The Morgan fingerprint density at radius 1 is 0.246 bits per heavy atom. The number of unbranched alkanes of at least 4 members (excludes halogenated alkanes) is 20. The first-order valence-corrected chi connectivity index (χ1v) is 43.9. The van der Waals surface area contributed by atoms with Crippen molar-refractivity contribution in [3.8, 4) is 46.0 Å². The lowest BCUT2D eigenvalue weighted by atomic mass is 9.80. The van der Waals surface area contributed by atoms with Gasteiger partial charge in [-0.3, -0.25) is 19.2 Å². The van der Waals surface area contributed by atoms with Gasteiger partial charge in [-0.25, -0.2) is 9.80 Å². The molecule has 13 rings (SSSR count). The first kappa shape index (κ1) is 82.2. The van der Waals surface area contributed by atoms with Gasteiger partial charge >= 0.3 is 0 Å². The normalized spacial score (nSPS) is 13.0. The van der Waals surface area contributed by atoms with E-state index in [-0.39, 0.29) is 45.9 Å². The van der Waals surface area contributed by atoms with Crippen molar-refractivity contribution in [2.45, 2.75) is 287 Å². The smallest absolute Gasteiger partial charge is 0.266 e. The molecule has 11 aromatic carbocycles. The van der Waals surface area contributed by atoms with Crippen molar-refractivity contribution in [3.63, 3.8) is 0 Å². The predicted octanol–water partition coefficient (Wildman–Crippen LogP) is 30.6. The zero-order chi connectivity index (χ0) is 80.1. The minimum absolute atomic E-state index is 0.0709. The first-order valence-electron chi connectivity index (χ1n) is 43.9. The van der Waals surface area contributed by atoms with E-state index in [0.717, 1.165) is 99.3 Å². The third-order valence-corrected chi connectivity index (χ3v) is 23.9. The van der Waals surface area contributed by atoms with Gasteiger partial charge in [0.25, 0.3) is 23.6 Å². The van der Waals surface area contributed by atoms with Crippen LogP contribution in [-0.2, 0) is 25.7 Å². The highest BCUT2D eigenvalue weighted by Gasteiger charge is 2.44. The van der Waals surface area contributed by atoms with Crippen molar-refractivity contribution in [1.29, 1.82) is 0 Å². The second-order valence-corrected chi connectivity index (χ2v) is 33.8. The summed E-state index contributed by atoms with van der Waals surface area (Å²) in [5.74, 6) is 0.988. The van der Waals surface area contributed by atoms with Gasteiger partial charge in [-0.1, -0.05) is 296 Å². The van der Waals surface area contributed by atoms with E-state index in [4.69, 9.17) is 18.9 Å². The summed E-state index contributed by atoms with van der Waals surface area (Å²) in [6.07, 6.45) is 32.0. The van der Waals surface area contributed by atoms with Gasteiger partial charge in [0.05, 0.1) is 33.6 Å². The number of hydrogen-bond acceptors (Lipinski definition) is 8. The summed E-state index contributed by atoms with van der Waals surface area (Å²) >= 11 is 0. The van der Waals surface area contributed by atoms with Gasteiger partial charge < -0.3 is 18.9 Å². The fraction of sp³-hybridized carbons (Fsp3) is 0.423. The van der Waals surface area contributed by atoms with E-state index in [2.05, 4.69) is 132 Å². The Bertz CT molecular complexity index is 4550. The van der Waals surface area contributed by atoms with Gasteiger partial charge in [0.2, 0.25) is 0 Å². The van der Waals surface area contributed by atoms with Crippen LogP contribution in [0.4, 0.5) is 11.4 Å². The number of imide groups is 2. The maximum absolute atomic E-state index is 16.8. The van der Waals surface area contributed by atoms with Crippen molar-refractivity contribution in [1.82, 2.24) is 0 Å². The van der Waals surface area contributed by atoms with Gasteiger partial charge in [0.15, 0.2) is 0 Å². The molecule has 11 aromatic rings. The Morgan fingerprint density at radius 2 is 0.447 bits per heavy atom. The molecule has 0 atom stereocenters. The number of rotatable bonds is 42. The van der Waals surface area contributed by atoms with Crippen molar-refractivity contribution >= 4 is 78.1 Å². The molecule has 4 amide bonds. The highest BCUT2D eigenvalue weighted by atomic mass is 16.5. The number of para-hydroxylation sites is 2. The standard InChI is InChI=1S/C104H122N2O8/c1-13-17-21-25-29-33-39-71-47-55-75(56-48-71)111-87-63-83-91-84(102(108)105(101(83)107)99-79(67(5)6)43-37-44-80(99)68(7)8)65-89(113-77-59-51-73(52-60-77)41-35-31-27-23-19-15-3)95-96-90(114-78-61-53-74(54-62-78)42-36-32-28-24-20-16-4)66-86-92-85(103(109)106(104(86)110)100-81(69(9)10)45-38-46-82(100)70(11)12)64-88(94(98(92)96)93(87)97(91)95)112-76-57-49-72(50-58-76)40-34-30-26-22-18-14-2/h37-38,43-70H,13-36,39-42H2,1-12H3. The minimum atomic E-state index is -0.501. The largest absolute Gasteiger partial charge is 0.457 e. The van der Waals surface area contributed by atoms with Crippen LogP contribution < -0.4 is 28.7 Å². The van der Waals surface area contributed by atoms with Crippen molar-refractivity contribution < 1.29 is 38.1 Å². The molecule has 114 heavy (non-hydrogen) atoms. The van der Waals surface area contributed by atoms with Crippen LogP contribution in [0.2, 0.25) is 0 Å². The first-order chi connectivity index (χ1) is 55.4. The summed E-state index contributed by atoms with van der Waals surface area (Å²) in [6.45, 7) is 25.8. The number of nitrogens with zero attached hydrogens (tertiary/aromatic N) is 2. The number of hydrogen-bond donors (Lipinski definition) is 0. The van der Waals surface area contributed by atoms with Crippen LogP contribution in [0.15, 0.2) is 158 Å². The summed E-state index contributed by atoms with van der Waals surface area (Å²) in [4.78, 5) is 70.1. The number of anilines is 2. The van der Waals surface area contributed by atoms with E-state index in [1.165, 1.54) is 135 Å². The second-order valence-electron chi connectivity index (χ2n) is 33.8. The Labute approximate surface area is 679 Å². The molecular weight excluding hydrogens is 1410 g/mol. The van der Waals surface area contributed by atoms with E-state index < -0.39 is 23.6 Å². The SMILES string of the molecule is CCCCCCCCc1ccc(Oc2cc3c4c(cc(Oc5ccc(CCCCCCCC)cc5)c5c6c(Oc7ccc(CCCCCCCC)cc7)cc7c8c(cc(Oc9ccc(CCCCCCCC)cc9)c(c2c45)c86)C(=O)N(c2c(C(C)C)cccc2C(C)C)C7=O)C(=O)N(c2c(C(C)C)cccc2C(C)C)C3=O)cc1. The molecule has 0 fully saturated rings. The molecule has 0 aromatic heterocycles. The monoisotopic (exact) mass is 1530 g/mol. The summed E-state index contributed by atoms with van der Waals surface area (Å²) in [5, 5.41) is 3.76. The number of amides is 4. The summed E-state index contributed by atoms with van der Waals surface area (Å²) in [7, 11) is 0. The Balaban J connectivity index is 1.14. The molecule has 10 heteroatoms. The van der Waals surface area contributed by atoms with Gasteiger partial charge in [-0.05, 0) is 192 Å². The van der Waals surface area contributed by atoms with Gasteiger partial charge in [-0.2, -0.15) is 0 Å². The quantitative estimate of drug-likeness (QED) is 0.0161. The van der Waals surface area contributed by atoms with Crippen molar-refractivity contribution in [3.05, 3.63) is 224 Å². The zero-order valence-corrected chi connectivity index (χ0v) is 70.3. The number of fused-ring (bicyclic) bond motifs is 2. The fourth-order valence-electron chi connectivity index (χ4n) is 17.6. The maximum atomic E-state index is 16.8. The topological polar surface area (TPSA) is 112 Å². The molecule has 0 saturated carbocycles.